The van der Waals surface area contributed by atoms with Gasteiger partial charge < -0.3 is 10.2 Å². The third kappa shape index (κ3) is 7.89. The molecule has 1 N–H and O–H groups in total. The minimum atomic E-state index is -4.24. The summed E-state index contributed by atoms with van der Waals surface area (Å²) in [6.07, 6.45) is 0.447. The number of carbonyl (C=O) groups is 2. The lowest BCUT2D eigenvalue weighted by molar-refractivity contribution is -0.384. The van der Waals surface area contributed by atoms with E-state index in [0.29, 0.717) is 6.42 Å². The second-order valence-electron chi connectivity index (χ2n) is 10.3. The summed E-state index contributed by atoms with van der Waals surface area (Å²) < 4.78 is 28.4. The molecule has 0 aliphatic heterocycles. The molecule has 0 unspecified atom stereocenters. The molecular weight excluding hydrogens is 532 g/mol. The minimum absolute atomic E-state index is 0.0458. The summed E-state index contributed by atoms with van der Waals surface area (Å²) in [5, 5.41) is 14.1. The Kier molecular flexibility index (Phi) is 9.65. The molecule has 0 radical (unpaired) electrons. The highest BCUT2D eigenvalue weighted by atomic mass is 32.2. The highest BCUT2D eigenvalue weighted by molar-refractivity contribution is 7.92. The first kappa shape index (κ1) is 30.3. The van der Waals surface area contributed by atoms with Crippen molar-refractivity contribution in [1.82, 2.24) is 10.2 Å². The van der Waals surface area contributed by atoms with Crippen LogP contribution in [-0.2, 0) is 26.0 Å². The number of hydrogen-bond donors (Lipinski definition) is 1. The van der Waals surface area contributed by atoms with Crippen LogP contribution in [0.5, 0.6) is 0 Å². The Balaban J connectivity index is 1.99. The van der Waals surface area contributed by atoms with Gasteiger partial charge in [0.2, 0.25) is 11.8 Å². The Labute approximate surface area is 234 Å². The first-order valence-electron chi connectivity index (χ1n) is 12.8. The molecule has 10 nitrogen and oxygen atoms in total. The van der Waals surface area contributed by atoms with Crippen molar-refractivity contribution in [3.63, 3.8) is 0 Å². The molecule has 212 valence electrons. The van der Waals surface area contributed by atoms with Gasteiger partial charge in [-0.2, -0.15) is 0 Å². The number of nitrogens with zero attached hydrogens (tertiary/aromatic N) is 3. The fourth-order valence-corrected chi connectivity index (χ4v) is 5.47. The van der Waals surface area contributed by atoms with Crippen LogP contribution >= 0.6 is 0 Å². The van der Waals surface area contributed by atoms with Gasteiger partial charge in [0.15, 0.2) is 0 Å². The van der Waals surface area contributed by atoms with Gasteiger partial charge in [0.1, 0.15) is 12.6 Å². The van der Waals surface area contributed by atoms with Crippen LogP contribution in [0.4, 0.5) is 11.4 Å². The summed E-state index contributed by atoms with van der Waals surface area (Å²) in [4.78, 5) is 38.8. The number of sulfonamides is 1. The fourth-order valence-electron chi connectivity index (χ4n) is 4.03. The largest absolute Gasteiger partial charge is 0.350 e. The zero-order valence-corrected chi connectivity index (χ0v) is 23.8. The number of nitrogens with one attached hydrogen (secondary N) is 1. The molecule has 0 bridgehead atoms. The average molecular weight is 567 g/mol. The van der Waals surface area contributed by atoms with Gasteiger partial charge in [0, 0.05) is 24.2 Å². The van der Waals surface area contributed by atoms with Crippen molar-refractivity contribution in [3.05, 3.63) is 101 Å². The molecule has 1 atom stereocenters. The zero-order valence-electron chi connectivity index (χ0n) is 23.0. The number of amides is 2. The third-order valence-corrected chi connectivity index (χ3v) is 7.90. The second-order valence-corrected chi connectivity index (χ2v) is 12.2. The normalized spacial score (nSPS) is 12.3. The van der Waals surface area contributed by atoms with E-state index in [1.165, 1.54) is 41.3 Å². The van der Waals surface area contributed by atoms with Crippen LogP contribution in [0.25, 0.3) is 0 Å². The lowest BCUT2D eigenvalue weighted by atomic mass is 10.1. The Hall–Kier alpha value is -4.25. The van der Waals surface area contributed by atoms with Crippen LogP contribution in [0.1, 0.15) is 33.3 Å². The Morgan fingerprint density at radius 3 is 2.00 bits per heavy atom. The van der Waals surface area contributed by atoms with Gasteiger partial charge in [-0.1, -0.05) is 48.5 Å². The number of anilines is 1. The van der Waals surface area contributed by atoms with Crippen molar-refractivity contribution in [2.75, 3.05) is 17.4 Å². The van der Waals surface area contributed by atoms with Gasteiger partial charge in [-0.3, -0.25) is 24.0 Å². The standard InChI is InChI=1S/C29H34N4O6S/c1-22(28(35)30-29(2,3)4)31(20-19-23-11-7-5-8-12-23)27(34)21-32(24-15-17-25(18-16-24)33(36)37)40(38,39)26-13-9-6-10-14-26/h5-18,22H,19-21H2,1-4H3,(H,30,35)/t22-/m0/s1. The number of hydrogen-bond acceptors (Lipinski definition) is 6. The van der Waals surface area contributed by atoms with Gasteiger partial charge in [-0.15, -0.1) is 0 Å². The van der Waals surface area contributed by atoms with Crippen molar-refractivity contribution in [3.8, 4) is 0 Å². The van der Waals surface area contributed by atoms with Crippen molar-refractivity contribution < 1.29 is 22.9 Å². The van der Waals surface area contributed by atoms with Gasteiger partial charge in [-0.05, 0) is 63.9 Å². The van der Waals surface area contributed by atoms with E-state index < -0.39 is 39.0 Å². The maximum atomic E-state index is 13.8. The van der Waals surface area contributed by atoms with Gasteiger partial charge in [-0.25, -0.2) is 8.42 Å². The molecule has 0 heterocycles. The van der Waals surface area contributed by atoms with E-state index in [1.807, 2.05) is 51.1 Å². The van der Waals surface area contributed by atoms with E-state index in [9.17, 15) is 28.1 Å². The van der Waals surface area contributed by atoms with E-state index in [-0.39, 0.29) is 28.7 Å². The van der Waals surface area contributed by atoms with Crippen molar-refractivity contribution in [1.29, 1.82) is 0 Å². The molecule has 0 aliphatic carbocycles. The number of benzene rings is 3. The fraction of sp³-hybridized carbons (Fsp3) is 0.310. The number of carbonyl (C=O) groups excluding carboxylic acids is 2. The van der Waals surface area contributed by atoms with Crippen LogP contribution in [0.15, 0.2) is 89.8 Å². The molecule has 3 rings (SSSR count). The van der Waals surface area contributed by atoms with Crippen molar-refractivity contribution in [2.45, 2.75) is 50.6 Å². The number of rotatable bonds is 11. The van der Waals surface area contributed by atoms with Gasteiger partial charge in [0.05, 0.1) is 15.5 Å². The summed E-state index contributed by atoms with van der Waals surface area (Å²) in [5.74, 6) is -0.966. The van der Waals surface area contributed by atoms with Crippen molar-refractivity contribution >= 4 is 33.2 Å². The maximum Gasteiger partial charge on any atom is 0.269 e. The van der Waals surface area contributed by atoms with Crippen LogP contribution in [0, 0.1) is 10.1 Å². The molecular formula is C29H34N4O6S. The van der Waals surface area contributed by atoms with E-state index >= 15 is 0 Å². The summed E-state index contributed by atoms with van der Waals surface area (Å²) in [5.41, 5.74) is 0.274. The van der Waals surface area contributed by atoms with E-state index in [1.54, 1.807) is 25.1 Å². The highest BCUT2D eigenvalue weighted by Gasteiger charge is 2.33. The molecule has 3 aromatic carbocycles. The summed E-state index contributed by atoms with van der Waals surface area (Å²) in [6, 6.07) is 21.1. The zero-order chi connectivity index (χ0) is 29.5. The SMILES string of the molecule is C[C@@H](C(=O)NC(C)(C)C)N(CCc1ccccc1)C(=O)CN(c1ccc([N+](=O)[O-])cc1)S(=O)(=O)c1ccccc1. The van der Waals surface area contributed by atoms with E-state index in [4.69, 9.17) is 0 Å². The predicted molar refractivity (Wildman–Crippen MR) is 153 cm³/mol. The molecule has 0 aliphatic rings. The highest BCUT2D eigenvalue weighted by Crippen LogP contribution is 2.26. The van der Waals surface area contributed by atoms with Crippen LogP contribution in [0.3, 0.4) is 0 Å². The first-order chi connectivity index (χ1) is 18.8. The Morgan fingerprint density at radius 1 is 0.925 bits per heavy atom. The summed E-state index contributed by atoms with van der Waals surface area (Å²) in [6.45, 7) is 6.65. The molecule has 0 spiro atoms. The smallest absolute Gasteiger partial charge is 0.269 e. The van der Waals surface area contributed by atoms with Crippen LogP contribution < -0.4 is 9.62 Å². The van der Waals surface area contributed by atoms with Crippen molar-refractivity contribution in [2.24, 2.45) is 0 Å². The van der Waals surface area contributed by atoms with Gasteiger partial charge in [0.25, 0.3) is 15.7 Å². The van der Waals surface area contributed by atoms with Gasteiger partial charge >= 0.3 is 0 Å². The quantitative estimate of drug-likeness (QED) is 0.274. The lowest BCUT2D eigenvalue weighted by Crippen LogP contribution is -2.55. The molecule has 11 heteroatoms. The van der Waals surface area contributed by atoms with E-state index in [2.05, 4.69) is 5.32 Å². The minimum Gasteiger partial charge on any atom is -0.350 e. The molecule has 0 saturated heterocycles. The Bertz CT molecular complexity index is 1420. The third-order valence-electron chi connectivity index (χ3n) is 6.11. The molecule has 0 fully saturated rings. The molecule has 0 aromatic heterocycles. The number of nitro benzene ring substituents is 1. The number of nitro groups is 1. The van der Waals surface area contributed by atoms with Crippen LogP contribution in [-0.4, -0.2) is 54.7 Å². The first-order valence-corrected chi connectivity index (χ1v) is 14.2. The van der Waals surface area contributed by atoms with Crippen LogP contribution in [0.2, 0.25) is 0 Å². The van der Waals surface area contributed by atoms with E-state index in [0.717, 1.165) is 9.87 Å². The molecule has 2 amide bonds. The monoisotopic (exact) mass is 566 g/mol. The Morgan fingerprint density at radius 2 is 1.48 bits per heavy atom. The maximum absolute atomic E-state index is 13.8. The topological polar surface area (TPSA) is 130 Å². The number of non-ortho nitro benzene ring substituents is 1. The lowest BCUT2D eigenvalue weighted by Gasteiger charge is -2.33. The second kappa shape index (κ2) is 12.7. The predicted octanol–water partition coefficient (Wildman–Crippen LogP) is 4.16. The molecule has 40 heavy (non-hydrogen) atoms. The average Bonchev–Trinajstić information content (AvgIpc) is 2.91. The summed E-state index contributed by atoms with van der Waals surface area (Å²) >= 11 is 0. The molecule has 0 saturated carbocycles. The molecule has 3 aromatic rings. The summed E-state index contributed by atoms with van der Waals surface area (Å²) in [7, 11) is -4.24.